The Morgan fingerprint density at radius 1 is 1.53 bits per heavy atom. The van der Waals surface area contributed by atoms with Gasteiger partial charge in [-0.2, -0.15) is 0 Å². The molecule has 0 aromatic rings. The van der Waals surface area contributed by atoms with Gasteiger partial charge in [0.05, 0.1) is 16.4 Å². The van der Waals surface area contributed by atoms with Crippen LogP contribution >= 0.6 is 11.8 Å². The van der Waals surface area contributed by atoms with Crippen LogP contribution in [0.2, 0.25) is 0 Å². The Hall–Kier alpha value is -0.940. The zero-order valence-electron chi connectivity index (χ0n) is 9.52. The van der Waals surface area contributed by atoms with Gasteiger partial charge in [-0.25, -0.2) is 0 Å². The minimum absolute atomic E-state index is 0.122. The molecule has 3 aliphatic heterocycles. The molecule has 3 heterocycles. The Kier molecular flexibility index (Phi) is 2.67. The number of fused-ring (bicyclic) bond motifs is 2. The van der Waals surface area contributed by atoms with E-state index in [0.717, 1.165) is 25.9 Å². The third-order valence-corrected chi connectivity index (χ3v) is 5.35. The second-order valence-corrected chi connectivity index (χ2v) is 5.96. The number of ether oxygens (including phenoxy) is 1. The van der Waals surface area contributed by atoms with E-state index in [1.807, 2.05) is 12.2 Å². The molecule has 4 nitrogen and oxygen atoms in total. The highest BCUT2D eigenvalue weighted by atomic mass is 32.2. The number of thioether (sulfide) groups is 1. The van der Waals surface area contributed by atoms with Gasteiger partial charge in [0.2, 0.25) is 0 Å². The fourth-order valence-corrected chi connectivity index (χ4v) is 4.31. The molecular weight excluding hydrogens is 236 g/mol. The van der Waals surface area contributed by atoms with Gasteiger partial charge in [-0.1, -0.05) is 6.08 Å². The van der Waals surface area contributed by atoms with Crippen molar-refractivity contribution in [1.29, 1.82) is 0 Å². The van der Waals surface area contributed by atoms with E-state index in [1.165, 1.54) is 0 Å². The quantitative estimate of drug-likeness (QED) is 0.723. The van der Waals surface area contributed by atoms with Crippen LogP contribution < -0.4 is 11.1 Å². The van der Waals surface area contributed by atoms with Gasteiger partial charge in [-0.15, -0.1) is 11.8 Å². The Balaban J connectivity index is 1.87. The summed E-state index contributed by atoms with van der Waals surface area (Å²) < 4.78 is 5.92. The first-order valence-electron chi connectivity index (χ1n) is 5.95. The lowest BCUT2D eigenvalue weighted by atomic mass is 9.81. The summed E-state index contributed by atoms with van der Waals surface area (Å²) in [5.74, 6) is -0.0313. The molecular formula is C12H16N2O2S. The fraction of sp³-hybridized carbons (Fsp3) is 0.583. The number of allylic oxidation sites excluding steroid dienone is 2. The molecule has 0 aliphatic carbocycles. The summed E-state index contributed by atoms with van der Waals surface area (Å²) in [7, 11) is 0. The molecule has 0 aromatic carbocycles. The normalized spacial score (nSPS) is 34.0. The predicted octanol–water partition coefficient (Wildman–Crippen LogP) is 0.753. The first-order valence-corrected chi connectivity index (χ1v) is 6.83. The summed E-state index contributed by atoms with van der Waals surface area (Å²) in [5.41, 5.74) is 5.24. The summed E-state index contributed by atoms with van der Waals surface area (Å²) in [6.45, 7) is 1.95. The van der Waals surface area contributed by atoms with Gasteiger partial charge < -0.3 is 15.8 Å². The van der Waals surface area contributed by atoms with Gasteiger partial charge in [0, 0.05) is 18.8 Å². The average Bonchev–Trinajstić information content (AvgIpc) is 2.76. The number of carbonyl (C=O) groups is 1. The minimum Gasteiger partial charge on any atom is -0.494 e. The maximum absolute atomic E-state index is 11.3. The second kappa shape index (κ2) is 4.07. The predicted molar refractivity (Wildman–Crippen MR) is 67.2 cm³/mol. The van der Waals surface area contributed by atoms with Crippen LogP contribution in [-0.4, -0.2) is 29.8 Å². The zero-order valence-corrected chi connectivity index (χ0v) is 10.3. The number of piperidine rings is 1. The van der Waals surface area contributed by atoms with Gasteiger partial charge in [0.25, 0.3) is 5.91 Å². The molecule has 0 radical (unpaired) electrons. The van der Waals surface area contributed by atoms with Crippen molar-refractivity contribution in [2.45, 2.75) is 23.7 Å². The topological polar surface area (TPSA) is 64.4 Å². The molecule has 92 valence electrons. The van der Waals surface area contributed by atoms with E-state index in [9.17, 15) is 4.79 Å². The van der Waals surface area contributed by atoms with Crippen LogP contribution in [0.25, 0.3) is 0 Å². The number of primary amides is 1. The third kappa shape index (κ3) is 1.77. The van der Waals surface area contributed by atoms with Crippen LogP contribution in [0, 0.1) is 5.92 Å². The summed E-state index contributed by atoms with van der Waals surface area (Å²) >= 11 is 1.59. The molecule has 2 unspecified atom stereocenters. The van der Waals surface area contributed by atoms with Gasteiger partial charge in [0.1, 0.15) is 5.60 Å². The number of hydrogen-bond acceptors (Lipinski definition) is 4. The first-order chi connectivity index (χ1) is 8.21. The highest BCUT2D eigenvalue weighted by Crippen LogP contribution is 2.49. The Labute approximate surface area is 105 Å². The molecule has 0 bridgehead atoms. The lowest BCUT2D eigenvalue weighted by Gasteiger charge is -2.45. The molecule has 17 heavy (non-hydrogen) atoms. The van der Waals surface area contributed by atoms with Crippen molar-refractivity contribution in [3.05, 3.63) is 23.3 Å². The molecule has 1 fully saturated rings. The highest BCUT2D eigenvalue weighted by Gasteiger charge is 2.49. The highest BCUT2D eigenvalue weighted by molar-refractivity contribution is 8.04. The van der Waals surface area contributed by atoms with E-state index >= 15 is 0 Å². The number of carbonyl (C=O) groups excluding carboxylic acids is 1. The standard InChI is InChI=1S/C12H16N2O2S/c13-11(15)9-7-8-1-6-16-12(10(8)17-9)2-4-14-5-3-12/h1,6-8,10,14H,2-5H2,(H2,13,15). The third-order valence-electron chi connectivity index (χ3n) is 3.76. The van der Waals surface area contributed by atoms with Gasteiger partial charge in [0.15, 0.2) is 0 Å². The Morgan fingerprint density at radius 3 is 3.00 bits per heavy atom. The summed E-state index contributed by atoms with van der Waals surface area (Å²) in [4.78, 5) is 12.0. The van der Waals surface area contributed by atoms with Crippen LogP contribution in [0.3, 0.4) is 0 Å². The van der Waals surface area contributed by atoms with Gasteiger partial charge >= 0.3 is 0 Å². The van der Waals surface area contributed by atoms with E-state index in [-0.39, 0.29) is 17.4 Å². The monoisotopic (exact) mass is 252 g/mol. The molecule has 5 heteroatoms. The molecule has 2 atom stereocenters. The van der Waals surface area contributed by atoms with Crippen molar-refractivity contribution >= 4 is 17.7 Å². The molecule has 0 aromatic heterocycles. The summed E-state index contributed by atoms with van der Waals surface area (Å²) in [5, 5.41) is 3.65. The molecule has 0 saturated carbocycles. The van der Waals surface area contributed by atoms with E-state index < -0.39 is 0 Å². The minimum atomic E-state index is -0.318. The molecule has 1 spiro atoms. The lowest BCUT2D eigenvalue weighted by Crippen LogP contribution is -2.52. The number of rotatable bonds is 1. The number of nitrogens with one attached hydrogen (secondary N) is 1. The maximum Gasteiger partial charge on any atom is 0.254 e. The van der Waals surface area contributed by atoms with Gasteiger partial charge in [-0.3, -0.25) is 4.79 Å². The zero-order chi connectivity index (χ0) is 11.9. The van der Waals surface area contributed by atoms with Crippen molar-refractivity contribution in [3.8, 4) is 0 Å². The van der Waals surface area contributed by atoms with Crippen LogP contribution in [0.15, 0.2) is 23.3 Å². The van der Waals surface area contributed by atoms with Crippen molar-refractivity contribution in [2.24, 2.45) is 11.7 Å². The molecule has 3 rings (SSSR count). The SMILES string of the molecule is NC(=O)C1=CC2C=COC3(CCNCC3)C2S1. The van der Waals surface area contributed by atoms with Crippen molar-refractivity contribution in [2.75, 3.05) is 13.1 Å². The lowest BCUT2D eigenvalue weighted by molar-refractivity contribution is -0.113. The fourth-order valence-electron chi connectivity index (χ4n) is 2.86. The maximum atomic E-state index is 11.3. The second-order valence-electron chi connectivity index (χ2n) is 4.77. The molecule has 1 amide bonds. The summed E-state index contributed by atoms with van der Waals surface area (Å²) in [6.07, 6.45) is 7.80. The van der Waals surface area contributed by atoms with E-state index in [4.69, 9.17) is 10.5 Å². The van der Waals surface area contributed by atoms with Crippen LogP contribution in [0.4, 0.5) is 0 Å². The van der Waals surface area contributed by atoms with Crippen molar-refractivity contribution < 1.29 is 9.53 Å². The van der Waals surface area contributed by atoms with Crippen LogP contribution in [0.1, 0.15) is 12.8 Å². The van der Waals surface area contributed by atoms with E-state index in [0.29, 0.717) is 10.2 Å². The van der Waals surface area contributed by atoms with Crippen molar-refractivity contribution in [1.82, 2.24) is 5.32 Å². The number of amides is 1. The van der Waals surface area contributed by atoms with Crippen molar-refractivity contribution in [3.63, 3.8) is 0 Å². The number of nitrogens with two attached hydrogens (primary N) is 1. The van der Waals surface area contributed by atoms with Gasteiger partial charge in [-0.05, 0) is 19.2 Å². The smallest absolute Gasteiger partial charge is 0.254 e. The van der Waals surface area contributed by atoms with Crippen LogP contribution in [0.5, 0.6) is 0 Å². The average molecular weight is 252 g/mol. The van der Waals surface area contributed by atoms with E-state index in [1.54, 1.807) is 18.0 Å². The first kappa shape index (κ1) is 11.2. The molecule has 3 aliphatic rings. The number of hydrogen-bond donors (Lipinski definition) is 2. The molecule has 3 N–H and O–H groups in total. The molecule has 1 saturated heterocycles. The summed E-state index contributed by atoms with van der Waals surface area (Å²) in [6, 6.07) is 0. The van der Waals surface area contributed by atoms with E-state index in [2.05, 4.69) is 5.32 Å². The largest absolute Gasteiger partial charge is 0.494 e. The Bertz CT molecular complexity index is 399. The van der Waals surface area contributed by atoms with Crippen LogP contribution in [-0.2, 0) is 9.53 Å². The Morgan fingerprint density at radius 2 is 2.29 bits per heavy atom.